The van der Waals surface area contributed by atoms with Gasteiger partial charge < -0.3 is 20.5 Å². The molecular formula is C15H21ClN2O3. The van der Waals surface area contributed by atoms with E-state index < -0.39 is 0 Å². The number of halogens is 1. The van der Waals surface area contributed by atoms with Crippen molar-refractivity contribution in [1.82, 2.24) is 10.6 Å². The van der Waals surface area contributed by atoms with Crippen molar-refractivity contribution < 1.29 is 14.6 Å². The summed E-state index contributed by atoms with van der Waals surface area (Å²) in [5.41, 5.74) is 0.824. The van der Waals surface area contributed by atoms with Crippen LogP contribution in [-0.4, -0.2) is 37.9 Å². The van der Waals surface area contributed by atoms with Gasteiger partial charge in [0, 0.05) is 30.6 Å². The Labute approximate surface area is 129 Å². The zero-order chi connectivity index (χ0) is 15.3. The SMILES string of the molecule is COC(CNC(=O)NCC1(CO)CC1)c1cccc(Cl)c1. The molecule has 0 aliphatic heterocycles. The lowest BCUT2D eigenvalue weighted by Gasteiger charge is -2.18. The number of aliphatic hydroxyl groups is 1. The van der Waals surface area contributed by atoms with E-state index in [4.69, 9.17) is 16.3 Å². The van der Waals surface area contributed by atoms with Gasteiger partial charge in [0.2, 0.25) is 0 Å². The van der Waals surface area contributed by atoms with E-state index in [0.717, 1.165) is 18.4 Å². The van der Waals surface area contributed by atoms with Gasteiger partial charge in [-0.05, 0) is 30.5 Å². The summed E-state index contributed by atoms with van der Waals surface area (Å²) < 4.78 is 5.38. The lowest BCUT2D eigenvalue weighted by atomic mass is 10.1. The number of nitrogens with one attached hydrogen (secondary N) is 2. The fourth-order valence-corrected chi connectivity index (χ4v) is 2.33. The van der Waals surface area contributed by atoms with Gasteiger partial charge >= 0.3 is 6.03 Å². The third kappa shape index (κ3) is 4.59. The smallest absolute Gasteiger partial charge is 0.314 e. The number of ether oxygens (including phenoxy) is 1. The molecule has 1 aliphatic rings. The van der Waals surface area contributed by atoms with Gasteiger partial charge in [-0.1, -0.05) is 23.7 Å². The second-order valence-corrected chi connectivity index (χ2v) is 5.94. The number of carbonyl (C=O) groups is 1. The minimum atomic E-state index is -0.251. The van der Waals surface area contributed by atoms with E-state index in [0.29, 0.717) is 18.1 Å². The van der Waals surface area contributed by atoms with Gasteiger partial charge in [-0.25, -0.2) is 4.79 Å². The van der Waals surface area contributed by atoms with E-state index in [2.05, 4.69) is 10.6 Å². The standard InChI is InChI=1S/C15H21ClN2O3/c1-21-13(11-3-2-4-12(16)7-11)8-17-14(20)18-9-15(10-19)5-6-15/h2-4,7,13,19H,5-6,8-10H2,1H3,(H2,17,18,20). The van der Waals surface area contributed by atoms with E-state index in [9.17, 15) is 9.90 Å². The molecule has 1 saturated carbocycles. The van der Waals surface area contributed by atoms with Gasteiger partial charge in [0.25, 0.3) is 0 Å². The van der Waals surface area contributed by atoms with Gasteiger partial charge in [0.15, 0.2) is 0 Å². The predicted octanol–water partition coefficient (Wildman–Crippen LogP) is 2.10. The highest BCUT2D eigenvalue weighted by Gasteiger charge is 2.42. The summed E-state index contributed by atoms with van der Waals surface area (Å²) in [6.45, 7) is 0.982. The van der Waals surface area contributed by atoms with Gasteiger partial charge in [-0.3, -0.25) is 0 Å². The molecule has 0 aromatic heterocycles. The van der Waals surface area contributed by atoms with E-state index in [1.807, 2.05) is 18.2 Å². The van der Waals surface area contributed by atoms with Crippen LogP contribution in [0.1, 0.15) is 24.5 Å². The molecule has 1 aliphatic carbocycles. The second-order valence-electron chi connectivity index (χ2n) is 5.50. The van der Waals surface area contributed by atoms with Crippen molar-refractivity contribution in [2.45, 2.75) is 18.9 Å². The minimum Gasteiger partial charge on any atom is -0.396 e. The van der Waals surface area contributed by atoms with Gasteiger partial charge in [0.05, 0.1) is 12.7 Å². The Balaban J connectivity index is 1.78. The van der Waals surface area contributed by atoms with Crippen molar-refractivity contribution in [3.8, 4) is 0 Å². The van der Waals surface area contributed by atoms with Crippen LogP contribution in [0.3, 0.4) is 0 Å². The molecule has 1 fully saturated rings. The summed E-state index contributed by atoms with van der Waals surface area (Å²) in [5.74, 6) is 0. The fourth-order valence-electron chi connectivity index (χ4n) is 2.13. The number of carbonyl (C=O) groups excluding carboxylic acids is 1. The summed E-state index contributed by atoms with van der Waals surface area (Å²) in [7, 11) is 1.59. The first-order valence-electron chi connectivity index (χ1n) is 6.99. The van der Waals surface area contributed by atoms with Crippen LogP contribution < -0.4 is 10.6 Å². The first-order valence-corrected chi connectivity index (χ1v) is 7.37. The molecule has 116 valence electrons. The molecule has 1 aromatic rings. The first-order chi connectivity index (χ1) is 10.1. The molecule has 0 radical (unpaired) electrons. The Hall–Kier alpha value is -1.30. The van der Waals surface area contributed by atoms with Crippen molar-refractivity contribution in [1.29, 1.82) is 0 Å². The van der Waals surface area contributed by atoms with Crippen LogP contribution in [0.4, 0.5) is 4.79 Å². The van der Waals surface area contributed by atoms with Crippen molar-refractivity contribution in [3.05, 3.63) is 34.9 Å². The Morgan fingerprint density at radius 3 is 2.81 bits per heavy atom. The van der Waals surface area contributed by atoms with Crippen molar-refractivity contribution in [2.24, 2.45) is 5.41 Å². The highest BCUT2D eigenvalue weighted by Crippen LogP contribution is 2.44. The maximum absolute atomic E-state index is 11.8. The molecule has 3 N–H and O–H groups in total. The number of aliphatic hydroxyl groups excluding tert-OH is 1. The van der Waals surface area contributed by atoms with Gasteiger partial charge in [-0.2, -0.15) is 0 Å². The molecule has 0 spiro atoms. The maximum Gasteiger partial charge on any atom is 0.314 e. The number of hydrogen-bond acceptors (Lipinski definition) is 3. The van der Waals surface area contributed by atoms with Crippen molar-refractivity contribution in [2.75, 3.05) is 26.8 Å². The topological polar surface area (TPSA) is 70.6 Å². The highest BCUT2D eigenvalue weighted by molar-refractivity contribution is 6.30. The lowest BCUT2D eigenvalue weighted by molar-refractivity contribution is 0.104. The lowest BCUT2D eigenvalue weighted by Crippen LogP contribution is -2.41. The molecule has 2 rings (SSSR count). The first kappa shape index (κ1) is 16.1. The third-order valence-corrected chi connectivity index (χ3v) is 4.10. The Kier molecular flexibility index (Phi) is 5.45. The van der Waals surface area contributed by atoms with Crippen molar-refractivity contribution >= 4 is 17.6 Å². The van der Waals surface area contributed by atoms with Crippen LogP contribution in [0.5, 0.6) is 0 Å². The average molecular weight is 313 g/mol. The number of methoxy groups -OCH3 is 1. The quantitative estimate of drug-likeness (QED) is 0.722. The van der Waals surface area contributed by atoms with Crippen LogP contribution in [0.25, 0.3) is 0 Å². The van der Waals surface area contributed by atoms with Crippen LogP contribution in [0.2, 0.25) is 5.02 Å². The Morgan fingerprint density at radius 2 is 2.24 bits per heavy atom. The molecule has 1 aromatic carbocycles. The van der Waals surface area contributed by atoms with Crippen LogP contribution in [0, 0.1) is 5.41 Å². The normalized spacial score (nSPS) is 17.1. The van der Waals surface area contributed by atoms with Gasteiger partial charge in [-0.15, -0.1) is 0 Å². The zero-order valence-corrected chi connectivity index (χ0v) is 12.8. The van der Waals surface area contributed by atoms with E-state index in [-0.39, 0.29) is 24.2 Å². The Bertz CT molecular complexity index is 492. The second kappa shape index (κ2) is 7.11. The molecular weight excluding hydrogens is 292 g/mol. The summed E-state index contributed by atoms with van der Waals surface area (Å²) in [4.78, 5) is 11.8. The minimum absolute atomic E-state index is 0.0923. The van der Waals surface area contributed by atoms with E-state index in [1.54, 1.807) is 13.2 Å². The van der Waals surface area contributed by atoms with E-state index >= 15 is 0 Å². The highest BCUT2D eigenvalue weighted by atomic mass is 35.5. The van der Waals surface area contributed by atoms with Crippen LogP contribution in [0.15, 0.2) is 24.3 Å². The third-order valence-electron chi connectivity index (χ3n) is 3.87. The molecule has 1 unspecified atom stereocenters. The molecule has 0 heterocycles. The molecule has 6 heteroatoms. The summed E-state index contributed by atoms with van der Waals surface area (Å²) in [5, 5.41) is 15.4. The summed E-state index contributed by atoms with van der Waals surface area (Å²) >= 11 is 5.95. The Morgan fingerprint density at radius 1 is 1.48 bits per heavy atom. The number of hydrogen-bond donors (Lipinski definition) is 3. The molecule has 0 bridgehead atoms. The van der Waals surface area contributed by atoms with E-state index in [1.165, 1.54) is 0 Å². The largest absolute Gasteiger partial charge is 0.396 e. The van der Waals surface area contributed by atoms with Crippen molar-refractivity contribution in [3.63, 3.8) is 0 Å². The molecule has 2 amide bonds. The van der Waals surface area contributed by atoms with Crippen LogP contribution >= 0.6 is 11.6 Å². The number of rotatable bonds is 7. The summed E-state index contributed by atoms with van der Waals surface area (Å²) in [6.07, 6.45) is 1.68. The fraction of sp³-hybridized carbons (Fsp3) is 0.533. The predicted molar refractivity (Wildman–Crippen MR) is 81.4 cm³/mol. The monoisotopic (exact) mass is 312 g/mol. The number of urea groups is 1. The van der Waals surface area contributed by atoms with Gasteiger partial charge in [0.1, 0.15) is 0 Å². The molecule has 21 heavy (non-hydrogen) atoms. The molecule has 5 nitrogen and oxygen atoms in total. The number of amides is 2. The average Bonchev–Trinajstić information content (AvgIpc) is 3.26. The number of benzene rings is 1. The zero-order valence-electron chi connectivity index (χ0n) is 12.1. The summed E-state index contributed by atoms with van der Waals surface area (Å²) in [6, 6.07) is 7.12. The molecule has 0 saturated heterocycles. The van der Waals surface area contributed by atoms with Crippen LogP contribution in [-0.2, 0) is 4.74 Å². The molecule has 1 atom stereocenters. The maximum atomic E-state index is 11.8.